The van der Waals surface area contributed by atoms with Gasteiger partial charge in [0.2, 0.25) is 40.6 Å². The first-order valence-corrected chi connectivity index (χ1v) is 6.06. The van der Waals surface area contributed by atoms with Gasteiger partial charge in [0.1, 0.15) is 0 Å². The van der Waals surface area contributed by atoms with E-state index in [1.807, 2.05) is 6.92 Å². The molecule has 0 amide bonds. The third-order valence-corrected chi connectivity index (χ3v) is 2.63. The van der Waals surface area contributed by atoms with Crippen LogP contribution in [0.3, 0.4) is 0 Å². The highest BCUT2D eigenvalue weighted by Crippen LogP contribution is 2.29. The maximum Gasteiger partial charge on any atom is 0.382 e. The summed E-state index contributed by atoms with van der Waals surface area (Å²) in [5, 5.41) is 3.49. The van der Waals surface area contributed by atoms with Gasteiger partial charge in [0.05, 0.1) is 5.69 Å². The van der Waals surface area contributed by atoms with Crippen LogP contribution < -0.4 is 4.74 Å². The van der Waals surface area contributed by atoms with E-state index in [4.69, 9.17) is 0 Å². The van der Waals surface area contributed by atoms with Gasteiger partial charge >= 0.3 is 5.97 Å². The lowest BCUT2D eigenvalue weighted by Crippen LogP contribution is -2.13. The van der Waals surface area contributed by atoms with Crippen LogP contribution in [0.5, 0.6) is 5.75 Å². The average molecular weight is 321 g/mol. The molecular weight excluding hydrogens is 313 g/mol. The number of hydrogen-bond acceptors (Lipinski definition) is 4. The minimum atomic E-state index is -2.35. The third-order valence-electron chi connectivity index (χ3n) is 2.63. The van der Waals surface area contributed by atoms with E-state index in [-0.39, 0.29) is 0 Å². The normalized spacial score (nSPS) is 10.8. The van der Waals surface area contributed by atoms with Crippen LogP contribution in [0.1, 0.15) is 29.6 Å². The van der Waals surface area contributed by atoms with Crippen molar-refractivity contribution in [1.29, 1.82) is 0 Å². The van der Waals surface area contributed by atoms with Gasteiger partial charge in [-0.15, -0.1) is 0 Å². The highest BCUT2D eigenvalue weighted by atomic mass is 19.2. The number of ether oxygens (including phenoxy) is 1. The Bertz CT molecular complexity index is 700. The maximum atomic E-state index is 13.4. The fourth-order valence-corrected chi connectivity index (χ4v) is 1.60. The van der Waals surface area contributed by atoms with Crippen molar-refractivity contribution in [1.82, 2.24) is 5.16 Å². The Labute approximate surface area is 120 Å². The van der Waals surface area contributed by atoms with Crippen molar-refractivity contribution < 1.29 is 36.0 Å². The first-order chi connectivity index (χ1) is 10.4. The minimum absolute atomic E-state index is 0.381. The average Bonchev–Trinajstić information content (AvgIpc) is 2.96. The second-order valence-electron chi connectivity index (χ2n) is 4.22. The Hall–Kier alpha value is -2.45. The molecule has 0 fully saturated rings. The standard InChI is InChI=1S/C13H8F5NO3/c1-2-3-5-4-6(22-19-5)13(20)21-12-10(17)8(15)7(14)9(16)11(12)18/h4H,2-3H2,1H3. The van der Waals surface area contributed by atoms with Crippen LogP contribution >= 0.6 is 0 Å². The Kier molecular flexibility index (Phi) is 4.43. The molecule has 1 heterocycles. The van der Waals surface area contributed by atoms with E-state index < -0.39 is 46.6 Å². The zero-order valence-corrected chi connectivity index (χ0v) is 11.1. The molecule has 0 radical (unpaired) electrons. The summed E-state index contributed by atoms with van der Waals surface area (Å²) < 4.78 is 74.3. The van der Waals surface area contributed by atoms with E-state index in [0.29, 0.717) is 18.5 Å². The van der Waals surface area contributed by atoms with Gasteiger partial charge in [0.25, 0.3) is 0 Å². The summed E-state index contributed by atoms with van der Waals surface area (Å²) >= 11 is 0. The molecule has 1 aromatic heterocycles. The summed E-state index contributed by atoms with van der Waals surface area (Å²) in [4.78, 5) is 11.6. The summed E-state index contributed by atoms with van der Waals surface area (Å²) in [5.41, 5.74) is 0.381. The molecule has 22 heavy (non-hydrogen) atoms. The fraction of sp³-hybridized carbons (Fsp3) is 0.231. The summed E-state index contributed by atoms with van der Waals surface area (Å²) in [6.45, 7) is 1.83. The van der Waals surface area contributed by atoms with Crippen LogP contribution in [-0.2, 0) is 6.42 Å². The molecule has 118 valence electrons. The number of benzene rings is 1. The van der Waals surface area contributed by atoms with Gasteiger partial charge in [0.15, 0.2) is 0 Å². The van der Waals surface area contributed by atoms with E-state index in [0.717, 1.165) is 6.07 Å². The molecule has 0 N–H and O–H groups in total. The zero-order valence-electron chi connectivity index (χ0n) is 11.1. The molecule has 0 bridgehead atoms. The van der Waals surface area contributed by atoms with Crippen LogP contribution in [0.15, 0.2) is 10.6 Å². The van der Waals surface area contributed by atoms with Gasteiger partial charge in [-0.25, -0.2) is 18.0 Å². The van der Waals surface area contributed by atoms with E-state index >= 15 is 0 Å². The maximum absolute atomic E-state index is 13.4. The molecule has 0 atom stereocenters. The molecule has 1 aromatic carbocycles. The van der Waals surface area contributed by atoms with Gasteiger partial charge < -0.3 is 9.26 Å². The van der Waals surface area contributed by atoms with Gasteiger partial charge in [-0.05, 0) is 6.42 Å². The molecule has 0 aliphatic rings. The molecule has 0 aliphatic heterocycles. The predicted molar refractivity (Wildman–Crippen MR) is 61.7 cm³/mol. The van der Waals surface area contributed by atoms with Gasteiger partial charge in [-0.1, -0.05) is 18.5 Å². The lowest BCUT2D eigenvalue weighted by Gasteiger charge is -2.07. The summed E-state index contributed by atoms with van der Waals surface area (Å²) in [6.07, 6.45) is 1.16. The van der Waals surface area contributed by atoms with Gasteiger partial charge in [-0.3, -0.25) is 0 Å². The van der Waals surface area contributed by atoms with Crippen molar-refractivity contribution in [2.75, 3.05) is 0 Å². The zero-order chi connectivity index (χ0) is 16.4. The quantitative estimate of drug-likeness (QED) is 0.284. The smallest absolute Gasteiger partial charge is 0.382 e. The first-order valence-electron chi connectivity index (χ1n) is 6.06. The molecule has 0 saturated heterocycles. The SMILES string of the molecule is CCCc1cc(C(=O)Oc2c(F)c(F)c(F)c(F)c2F)on1. The third kappa shape index (κ3) is 2.78. The summed E-state index contributed by atoms with van der Waals surface area (Å²) in [7, 11) is 0. The molecule has 0 saturated carbocycles. The number of nitrogens with zero attached hydrogens (tertiary/aromatic N) is 1. The van der Waals surface area contributed by atoms with Crippen molar-refractivity contribution in [3.05, 3.63) is 46.6 Å². The second kappa shape index (κ2) is 6.12. The van der Waals surface area contributed by atoms with E-state index in [1.165, 1.54) is 0 Å². The topological polar surface area (TPSA) is 52.3 Å². The molecule has 2 rings (SSSR count). The van der Waals surface area contributed by atoms with E-state index in [2.05, 4.69) is 14.4 Å². The number of rotatable bonds is 4. The number of halogens is 5. The van der Waals surface area contributed by atoms with E-state index in [1.54, 1.807) is 0 Å². The van der Waals surface area contributed by atoms with E-state index in [9.17, 15) is 26.7 Å². The Morgan fingerprint density at radius 2 is 1.64 bits per heavy atom. The predicted octanol–water partition coefficient (Wildman–Crippen LogP) is 3.54. The van der Waals surface area contributed by atoms with Crippen molar-refractivity contribution in [2.24, 2.45) is 0 Å². The molecular formula is C13H8F5NO3. The monoisotopic (exact) mass is 321 g/mol. The Morgan fingerprint density at radius 3 is 2.18 bits per heavy atom. The number of carbonyl (C=O) groups is 1. The van der Waals surface area contributed by atoms with Crippen molar-refractivity contribution in [2.45, 2.75) is 19.8 Å². The molecule has 0 spiro atoms. The van der Waals surface area contributed by atoms with Crippen LogP contribution in [-0.4, -0.2) is 11.1 Å². The van der Waals surface area contributed by atoms with Crippen LogP contribution in [0.2, 0.25) is 0 Å². The number of aromatic nitrogens is 1. The summed E-state index contributed by atoms with van der Waals surface area (Å²) in [6, 6.07) is 1.15. The van der Waals surface area contributed by atoms with Gasteiger partial charge in [-0.2, -0.15) is 8.78 Å². The molecule has 2 aromatic rings. The Morgan fingerprint density at radius 1 is 1.09 bits per heavy atom. The lowest BCUT2D eigenvalue weighted by molar-refractivity contribution is 0.0672. The summed E-state index contributed by atoms with van der Waals surface area (Å²) in [5.74, 6) is -14.9. The van der Waals surface area contributed by atoms with Crippen LogP contribution in [0.4, 0.5) is 22.0 Å². The van der Waals surface area contributed by atoms with Crippen molar-refractivity contribution in [3.8, 4) is 5.75 Å². The highest BCUT2D eigenvalue weighted by molar-refractivity contribution is 5.88. The number of carbonyl (C=O) groups excluding carboxylic acids is 1. The van der Waals surface area contributed by atoms with Crippen LogP contribution in [0.25, 0.3) is 0 Å². The lowest BCUT2D eigenvalue weighted by atomic mass is 10.2. The minimum Gasteiger partial charge on any atom is -0.414 e. The molecule has 0 aliphatic carbocycles. The molecule has 9 heteroatoms. The van der Waals surface area contributed by atoms with Crippen molar-refractivity contribution in [3.63, 3.8) is 0 Å². The molecule has 4 nitrogen and oxygen atoms in total. The second-order valence-corrected chi connectivity index (χ2v) is 4.22. The highest BCUT2D eigenvalue weighted by Gasteiger charge is 2.29. The first kappa shape index (κ1) is 15.9. The number of esters is 1. The number of hydrogen-bond donors (Lipinski definition) is 0. The molecule has 0 unspecified atom stereocenters. The van der Waals surface area contributed by atoms with Gasteiger partial charge in [0, 0.05) is 6.07 Å². The van der Waals surface area contributed by atoms with Crippen molar-refractivity contribution >= 4 is 5.97 Å². The number of aryl methyl sites for hydroxylation is 1. The van der Waals surface area contributed by atoms with Crippen LogP contribution in [0, 0.1) is 29.1 Å². The largest absolute Gasteiger partial charge is 0.414 e. The Balaban J connectivity index is 2.32. The fourth-order valence-electron chi connectivity index (χ4n) is 1.60.